The molecule has 0 aliphatic carbocycles. The Morgan fingerprint density at radius 1 is 0.875 bits per heavy atom. The fourth-order valence-electron chi connectivity index (χ4n) is 2.89. The second-order valence-corrected chi connectivity index (χ2v) is 9.30. The molecule has 0 saturated heterocycles. The van der Waals surface area contributed by atoms with E-state index in [1.54, 1.807) is 36.4 Å². The summed E-state index contributed by atoms with van der Waals surface area (Å²) in [6, 6.07) is 16.8. The Morgan fingerprint density at radius 2 is 1.44 bits per heavy atom. The Morgan fingerprint density at radius 3 is 2.00 bits per heavy atom. The van der Waals surface area contributed by atoms with Crippen LogP contribution >= 0.6 is 23.2 Å². The highest BCUT2D eigenvalue weighted by Gasteiger charge is 2.28. The molecule has 0 unspecified atom stereocenters. The lowest BCUT2D eigenvalue weighted by Crippen LogP contribution is -2.38. The van der Waals surface area contributed by atoms with Crippen molar-refractivity contribution in [2.24, 2.45) is 0 Å². The Kier molecular flexibility index (Phi) is 7.50. The van der Waals surface area contributed by atoms with Crippen LogP contribution < -0.4 is 19.1 Å². The minimum atomic E-state index is -4.15. The van der Waals surface area contributed by atoms with Crippen molar-refractivity contribution in [2.75, 3.05) is 30.4 Å². The SMILES string of the molecule is COc1ccc(S(=O)(=O)N(CC(=O)Nc2ccc(Cl)cc2)c2ccc(Cl)cc2)cc1OC. The number of rotatable bonds is 8. The number of amides is 1. The Labute approximate surface area is 196 Å². The van der Waals surface area contributed by atoms with E-state index in [0.29, 0.717) is 21.5 Å². The minimum Gasteiger partial charge on any atom is -0.493 e. The van der Waals surface area contributed by atoms with Gasteiger partial charge in [-0.2, -0.15) is 0 Å². The quantitative estimate of drug-likeness (QED) is 0.483. The standard InChI is InChI=1S/C22H20Cl2N2O5S/c1-30-20-12-11-19(13-21(20)31-2)32(28,29)26(18-9-5-16(24)6-10-18)14-22(27)25-17-7-3-15(23)4-8-17/h3-13H,14H2,1-2H3,(H,25,27). The maximum atomic E-state index is 13.5. The van der Waals surface area contributed by atoms with Crippen LogP contribution in [0.4, 0.5) is 11.4 Å². The number of sulfonamides is 1. The first kappa shape index (κ1) is 23.7. The number of nitrogens with one attached hydrogen (secondary N) is 1. The van der Waals surface area contributed by atoms with Crippen LogP contribution in [-0.4, -0.2) is 35.1 Å². The minimum absolute atomic E-state index is 0.0654. The molecule has 1 N–H and O–H groups in total. The van der Waals surface area contributed by atoms with E-state index >= 15 is 0 Å². The predicted octanol–water partition coefficient (Wildman–Crippen LogP) is 4.84. The number of halogens is 2. The van der Waals surface area contributed by atoms with Gasteiger partial charge < -0.3 is 14.8 Å². The van der Waals surface area contributed by atoms with Crippen molar-refractivity contribution in [3.05, 3.63) is 76.8 Å². The molecule has 0 atom stereocenters. The molecule has 0 aliphatic heterocycles. The molecule has 0 fully saturated rings. The van der Waals surface area contributed by atoms with E-state index in [4.69, 9.17) is 32.7 Å². The summed E-state index contributed by atoms with van der Waals surface area (Å²) in [7, 11) is -1.29. The summed E-state index contributed by atoms with van der Waals surface area (Å²) in [6.45, 7) is -0.471. The molecule has 3 aromatic rings. The number of anilines is 2. The number of ether oxygens (including phenoxy) is 2. The monoisotopic (exact) mass is 494 g/mol. The largest absolute Gasteiger partial charge is 0.493 e. The smallest absolute Gasteiger partial charge is 0.264 e. The van der Waals surface area contributed by atoms with Gasteiger partial charge in [0, 0.05) is 21.8 Å². The zero-order valence-corrected chi connectivity index (χ0v) is 19.5. The van der Waals surface area contributed by atoms with E-state index < -0.39 is 22.5 Å². The molecule has 7 nitrogen and oxygen atoms in total. The lowest BCUT2D eigenvalue weighted by atomic mass is 10.3. The van der Waals surface area contributed by atoms with E-state index in [9.17, 15) is 13.2 Å². The average molecular weight is 495 g/mol. The van der Waals surface area contributed by atoms with Crippen LogP contribution in [0.15, 0.2) is 71.6 Å². The van der Waals surface area contributed by atoms with Crippen LogP contribution in [0.1, 0.15) is 0 Å². The third kappa shape index (κ3) is 5.45. The van der Waals surface area contributed by atoms with Crippen LogP contribution in [0.3, 0.4) is 0 Å². The summed E-state index contributed by atoms with van der Waals surface area (Å²) in [4.78, 5) is 12.7. The van der Waals surface area contributed by atoms with Gasteiger partial charge in [-0.25, -0.2) is 8.42 Å². The molecule has 3 aromatic carbocycles. The van der Waals surface area contributed by atoms with Crippen LogP contribution in [0.5, 0.6) is 11.5 Å². The van der Waals surface area contributed by atoms with E-state index in [1.807, 2.05) is 0 Å². The van der Waals surface area contributed by atoms with Gasteiger partial charge in [0.2, 0.25) is 5.91 Å². The summed E-state index contributed by atoms with van der Waals surface area (Å²) < 4.78 is 38.4. The fourth-order valence-corrected chi connectivity index (χ4v) is 4.58. The molecule has 10 heteroatoms. The van der Waals surface area contributed by atoms with Gasteiger partial charge in [-0.05, 0) is 60.7 Å². The van der Waals surface area contributed by atoms with Gasteiger partial charge in [-0.3, -0.25) is 9.10 Å². The first-order valence-corrected chi connectivity index (χ1v) is 11.5. The Hall–Kier alpha value is -2.94. The summed E-state index contributed by atoms with van der Waals surface area (Å²) in [5.41, 5.74) is 0.759. The molecule has 0 aliphatic rings. The molecule has 0 aromatic heterocycles. The van der Waals surface area contributed by atoms with Crippen molar-refractivity contribution in [1.29, 1.82) is 0 Å². The topological polar surface area (TPSA) is 84.9 Å². The molecule has 0 saturated carbocycles. The van der Waals surface area contributed by atoms with Gasteiger partial charge in [-0.1, -0.05) is 23.2 Å². The first-order valence-electron chi connectivity index (χ1n) is 9.30. The number of hydrogen-bond donors (Lipinski definition) is 1. The highest BCUT2D eigenvalue weighted by molar-refractivity contribution is 7.92. The first-order chi connectivity index (χ1) is 15.2. The van der Waals surface area contributed by atoms with Crippen LogP contribution in [0.25, 0.3) is 0 Å². The van der Waals surface area contributed by atoms with Crippen molar-refractivity contribution < 1.29 is 22.7 Å². The van der Waals surface area contributed by atoms with Gasteiger partial charge in [0.05, 0.1) is 24.8 Å². The summed E-state index contributed by atoms with van der Waals surface area (Å²) >= 11 is 11.8. The summed E-state index contributed by atoms with van der Waals surface area (Å²) in [5.74, 6) is 0.0894. The van der Waals surface area contributed by atoms with Gasteiger partial charge in [0.25, 0.3) is 10.0 Å². The number of nitrogens with zero attached hydrogens (tertiary/aromatic N) is 1. The maximum absolute atomic E-state index is 13.5. The molecule has 0 heterocycles. The van der Waals surface area contributed by atoms with Gasteiger partial charge >= 0.3 is 0 Å². The molecule has 168 valence electrons. The number of carbonyl (C=O) groups is 1. The lowest BCUT2D eigenvalue weighted by molar-refractivity contribution is -0.114. The lowest BCUT2D eigenvalue weighted by Gasteiger charge is -2.24. The maximum Gasteiger partial charge on any atom is 0.264 e. The average Bonchev–Trinajstić information content (AvgIpc) is 2.79. The molecule has 0 spiro atoms. The molecular weight excluding hydrogens is 475 g/mol. The normalized spacial score (nSPS) is 11.0. The third-order valence-corrected chi connectivity index (χ3v) is 6.75. The molecule has 3 rings (SSSR count). The predicted molar refractivity (Wildman–Crippen MR) is 126 cm³/mol. The van der Waals surface area contributed by atoms with Crippen molar-refractivity contribution in [2.45, 2.75) is 4.90 Å². The highest BCUT2D eigenvalue weighted by Crippen LogP contribution is 2.32. The Bertz CT molecular complexity index is 1200. The van der Waals surface area contributed by atoms with Gasteiger partial charge in [0.15, 0.2) is 11.5 Å². The summed E-state index contributed by atoms with van der Waals surface area (Å²) in [6.07, 6.45) is 0. The second kappa shape index (κ2) is 10.1. The second-order valence-electron chi connectivity index (χ2n) is 6.56. The molecule has 32 heavy (non-hydrogen) atoms. The fraction of sp³-hybridized carbons (Fsp3) is 0.136. The van der Waals surface area contributed by atoms with Crippen LogP contribution in [-0.2, 0) is 14.8 Å². The van der Waals surface area contributed by atoms with E-state index in [0.717, 1.165) is 4.31 Å². The molecule has 1 amide bonds. The van der Waals surface area contributed by atoms with Crippen LogP contribution in [0.2, 0.25) is 10.0 Å². The van der Waals surface area contributed by atoms with Crippen molar-refractivity contribution >= 4 is 50.5 Å². The van der Waals surface area contributed by atoms with E-state index in [1.165, 1.54) is 44.6 Å². The van der Waals surface area contributed by atoms with E-state index in [2.05, 4.69) is 5.32 Å². The van der Waals surface area contributed by atoms with Crippen molar-refractivity contribution in [3.63, 3.8) is 0 Å². The zero-order chi connectivity index (χ0) is 23.3. The number of methoxy groups -OCH3 is 2. The van der Waals surface area contributed by atoms with Gasteiger partial charge in [-0.15, -0.1) is 0 Å². The van der Waals surface area contributed by atoms with Crippen molar-refractivity contribution in [3.8, 4) is 11.5 Å². The van der Waals surface area contributed by atoms with Crippen molar-refractivity contribution in [1.82, 2.24) is 0 Å². The zero-order valence-electron chi connectivity index (χ0n) is 17.2. The van der Waals surface area contributed by atoms with Gasteiger partial charge in [0.1, 0.15) is 6.54 Å². The molecular formula is C22H20Cl2N2O5S. The number of carbonyl (C=O) groups excluding carboxylic acids is 1. The number of hydrogen-bond acceptors (Lipinski definition) is 5. The highest BCUT2D eigenvalue weighted by atomic mass is 35.5. The Balaban J connectivity index is 1.97. The summed E-state index contributed by atoms with van der Waals surface area (Å²) in [5, 5.41) is 3.62. The molecule has 0 radical (unpaired) electrons. The third-order valence-electron chi connectivity index (χ3n) is 4.47. The molecule has 0 bridgehead atoms. The van der Waals surface area contributed by atoms with Crippen LogP contribution in [0, 0.1) is 0 Å². The number of benzene rings is 3. The van der Waals surface area contributed by atoms with E-state index in [-0.39, 0.29) is 16.3 Å².